The summed E-state index contributed by atoms with van der Waals surface area (Å²) in [7, 11) is -2.57. The maximum Gasteiger partial charge on any atom is 0.340 e. The second-order valence-corrected chi connectivity index (χ2v) is 8.86. The summed E-state index contributed by atoms with van der Waals surface area (Å²) in [5.41, 5.74) is 0. The Kier molecular flexibility index (Phi) is 5.98. The number of hydrogen-bond acceptors (Lipinski definition) is 6. The lowest BCUT2D eigenvalue weighted by Crippen LogP contribution is -2.11. The quantitative estimate of drug-likeness (QED) is 0.510. The summed E-state index contributed by atoms with van der Waals surface area (Å²) in [4.78, 5) is 1.21. The lowest BCUT2D eigenvalue weighted by molar-refractivity contribution is 0.410. The van der Waals surface area contributed by atoms with Crippen molar-refractivity contribution in [3.05, 3.63) is 71.2 Å². The maximum atomic E-state index is 12.9. The van der Waals surface area contributed by atoms with Gasteiger partial charge in [0.15, 0.2) is 0 Å². The number of halogens is 1. The molecule has 0 amide bonds. The third-order valence-electron chi connectivity index (χ3n) is 3.50. The standard InChI is InChI=1S/C19H15BrO5S2/c1-24-17-12-18(26-15-9-7-13(21)8-10-15)19(11-16(17)20)27(22,23)25-14-5-3-2-4-6-14/h2-12,21H,1H3. The normalized spacial score (nSPS) is 11.2. The molecule has 27 heavy (non-hydrogen) atoms. The predicted octanol–water partition coefficient (Wildman–Crippen LogP) is 5.08. The molecule has 0 radical (unpaired) electrons. The van der Waals surface area contributed by atoms with Gasteiger partial charge in [0.25, 0.3) is 0 Å². The van der Waals surface area contributed by atoms with Gasteiger partial charge in [0.2, 0.25) is 0 Å². The molecule has 0 bridgehead atoms. The van der Waals surface area contributed by atoms with Gasteiger partial charge in [-0.2, -0.15) is 8.42 Å². The van der Waals surface area contributed by atoms with E-state index in [4.69, 9.17) is 8.92 Å². The Labute approximate surface area is 170 Å². The van der Waals surface area contributed by atoms with Gasteiger partial charge in [-0.15, -0.1) is 0 Å². The van der Waals surface area contributed by atoms with Crippen molar-refractivity contribution in [1.82, 2.24) is 0 Å². The Morgan fingerprint density at radius 3 is 2.30 bits per heavy atom. The van der Waals surface area contributed by atoms with Crippen molar-refractivity contribution in [2.75, 3.05) is 7.11 Å². The Bertz CT molecular complexity index is 1040. The molecule has 0 fully saturated rings. The number of phenolic OH excluding ortho intramolecular Hbond substituents is 1. The van der Waals surface area contributed by atoms with Crippen molar-refractivity contribution < 1.29 is 22.4 Å². The summed E-state index contributed by atoms with van der Waals surface area (Å²) in [6.07, 6.45) is 0. The number of rotatable bonds is 6. The number of hydrogen-bond donors (Lipinski definition) is 1. The highest BCUT2D eigenvalue weighted by molar-refractivity contribution is 9.10. The van der Waals surface area contributed by atoms with Crippen molar-refractivity contribution >= 4 is 37.8 Å². The molecule has 3 aromatic rings. The molecule has 0 saturated heterocycles. The first kappa shape index (κ1) is 19.6. The lowest BCUT2D eigenvalue weighted by Gasteiger charge is -2.14. The van der Waals surface area contributed by atoms with Crippen molar-refractivity contribution in [1.29, 1.82) is 0 Å². The van der Waals surface area contributed by atoms with E-state index in [0.29, 0.717) is 15.1 Å². The molecule has 0 aromatic heterocycles. The van der Waals surface area contributed by atoms with Crippen LogP contribution in [-0.4, -0.2) is 20.6 Å². The summed E-state index contributed by atoms with van der Waals surface area (Å²) < 4.78 is 36.8. The van der Waals surface area contributed by atoms with E-state index in [1.165, 1.54) is 37.1 Å². The zero-order valence-corrected chi connectivity index (χ0v) is 17.3. The lowest BCUT2D eigenvalue weighted by atomic mass is 10.3. The number of phenols is 1. The van der Waals surface area contributed by atoms with Gasteiger partial charge in [-0.25, -0.2) is 0 Å². The summed E-state index contributed by atoms with van der Waals surface area (Å²) >= 11 is 4.55. The molecule has 0 atom stereocenters. The van der Waals surface area contributed by atoms with Crippen LogP contribution in [0.15, 0.2) is 85.9 Å². The molecule has 3 rings (SSSR count). The zero-order valence-electron chi connectivity index (χ0n) is 14.1. The third kappa shape index (κ3) is 4.77. The van der Waals surface area contributed by atoms with Crippen LogP contribution in [0.3, 0.4) is 0 Å². The molecule has 8 heteroatoms. The first-order chi connectivity index (χ1) is 12.9. The van der Waals surface area contributed by atoms with Gasteiger partial charge in [-0.3, -0.25) is 0 Å². The Balaban J connectivity index is 2.04. The topological polar surface area (TPSA) is 72.8 Å². The number of methoxy groups -OCH3 is 1. The molecule has 140 valence electrons. The van der Waals surface area contributed by atoms with Crippen LogP contribution >= 0.6 is 27.7 Å². The summed E-state index contributed by atoms with van der Waals surface area (Å²) in [6.45, 7) is 0. The van der Waals surface area contributed by atoms with Crippen LogP contribution in [0.5, 0.6) is 17.2 Å². The first-order valence-corrected chi connectivity index (χ1v) is 10.7. The van der Waals surface area contributed by atoms with Crippen LogP contribution < -0.4 is 8.92 Å². The van der Waals surface area contributed by atoms with Crippen molar-refractivity contribution in [3.8, 4) is 17.2 Å². The Hall–Kier alpha value is -2.16. The molecule has 0 aliphatic rings. The van der Waals surface area contributed by atoms with Crippen LogP contribution in [0.25, 0.3) is 0 Å². The minimum atomic E-state index is -4.08. The van der Waals surface area contributed by atoms with E-state index in [1.54, 1.807) is 48.5 Å². The average Bonchev–Trinajstić information content (AvgIpc) is 2.65. The van der Waals surface area contributed by atoms with Gasteiger partial charge in [-0.05, 0) is 64.5 Å². The molecule has 0 saturated carbocycles. The highest BCUT2D eigenvalue weighted by Crippen LogP contribution is 2.40. The molecular formula is C19H15BrO5S2. The van der Waals surface area contributed by atoms with E-state index < -0.39 is 10.1 Å². The van der Waals surface area contributed by atoms with E-state index >= 15 is 0 Å². The summed E-state index contributed by atoms with van der Waals surface area (Å²) in [5.74, 6) is 0.855. The van der Waals surface area contributed by atoms with Gasteiger partial charge in [0.1, 0.15) is 22.1 Å². The van der Waals surface area contributed by atoms with E-state index in [-0.39, 0.29) is 16.4 Å². The summed E-state index contributed by atoms with van der Waals surface area (Å²) in [6, 6.07) is 17.9. The Morgan fingerprint density at radius 2 is 1.67 bits per heavy atom. The van der Waals surface area contributed by atoms with Crippen molar-refractivity contribution in [2.24, 2.45) is 0 Å². The Morgan fingerprint density at radius 1 is 1.00 bits per heavy atom. The fourth-order valence-electron chi connectivity index (χ4n) is 2.24. The second kappa shape index (κ2) is 8.24. The van der Waals surface area contributed by atoms with Crippen LogP contribution in [0.1, 0.15) is 0 Å². The van der Waals surface area contributed by atoms with Crippen LogP contribution in [0, 0.1) is 0 Å². The predicted molar refractivity (Wildman–Crippen MR) is 107 cm³/mol. The highest BCUT2D eigenvalue weighted by Gasteiger charge is 2.24. The molecule has 0 unspecified atom stereocenters. The number of para-hydroxylation sites is 1. The van der Waals surface area contributed by atoms with E-state index in [9.17, 15) is 13.5 Å². The number of ether oxygens (including phenoxy) is 1. The largest absolute Gasteiger partial charge is 0.508 e. The van der Waals surface area contributed by atoms with E-state index in [2.05, 4.69) is 15.9 Å². The van der Waals surface area contributed by atoms with Crippen LogP contribution in [0.2, 0.25) is 0 Å². The van der Waals surface area contributed by atoms with Gasteiger partial charge in [0, 0.05) is 9.79 Å². The highest BCUT2D eigenvalue weighted by atomic mass is 79.9. The fraction of sp³-hybridized carbons (Fsp3) is 0.0526. The molecular weight excluding hydrogens is 452 g/mol. The molecule has 0 aliphatic heterocycles. The number of benzene rings is 3. The summed E-state index contributed by atoms with van der Waals surface area (Å²) in [5, 5.41) is 9.44. The van der Waals surface area contributed by atoms with Gasteiger partial charge < -0.3 is 14.0 Å². The van der Waals surface area contributed by atoms with Gasteiger partial charge >= 0.3 is 10.1 Å². The second-order valence-electron chi connectivity index (χ2n) is 5.38. The van der Waals surface area contributed by atoms with Crippen LogP contribution in [-0.2, 0) is 10.1 Å². The monoisotopic (exact) mass is 466 g/mol. The van der Waals surface area contributed by atoms with Crippen LogP contribution in [0.4, 0.5) is 0 Å². The van der Waals surface area contributed by atoms with E-state index in [0.717, 1.165) is 4.90 Å². The molecule has 1 N–H and O–H groups in total. The van der Waals surface area contributed by atoms with Crippen molar-refractivity contribution in [2.45, 2.75) is 14.7 Å². The average molecular weight is 467 g/mol. The number of aromatic hydroxyl groups is 1. The maximum absolute atomic E-state index is 12.9. The molecule has 0 aliphatic carbocycles. The smallest absolute Gasteiger partial charge is 0.340 e. The minimum Gasteiger partial charge on any atom is -0.508 e. The van der Waals surface area contributed by atoms with Gasteiger partial charge in [-0.1, -0.05) is 30.0 Å². The van der Waals surface area contributed by atoms with Crippen molar-refractivity contribution in [3.63, 3.8) is 0 Å². The molecule has 5 nitrogen and oxygen atoms in total. The SMILES string of the molecule is COc1cc(Sc2ccc(O)cc2)c(S(=O)(=O)Oc2ccccc2)cc1Br. The third-order valence-corrected chi connectivity index (χ3v) is 6.60. The van der Waals surface area contributed by atoms with E-state index in [1.807, 2.05) is 0 Å². The first-order valence-electron chi connectivity index (χ1n) is 7.73. The minimum absolute atomic E-state index is 0.0112. The fourth-order valence-corrected chi connectivity index (χ4v) is 5.20. The zero-order chi connectivity index (χ0) is 19.4. The molecule has 0 heterocycles. The van der Waals surface area contributed by atoms with Gasteiger partial charge in [0.05, 0.1) is 11.6 Å². The molecule has 3 aromatic carbocycles. The molecule has 0 spiro atoms.